The number of nitrogens with zero attached hydrogens (tertiary/aromatic N) is 5. The van der Waals surface area contributed by atoms with Gasteiger partial charge in [-0.15, -0.1) is 0 Å². The van der Waals surface area contributed by atoms with Crippen molar-refractivity contribution in [3.05, 3.63) is 36.5 Å². The van der Waals surface area contributed by atoms with E-state index in [9.17, 15) is 10.1 Å². The van der Waals surface area contributed by atoms with Crippen molar-refractivity contribution in [2.45, 2.75) is 37.8 Å². The Kier molecular flexibility index (Phi) is 5.45. The van der Waals surface area contributed by atoms with Gasteiger partial charge in [0.25, 0.3) is 0 Å². The molecule has 2 fully saturated rings. The number of amides is 1. The number of benzene rings is 1. The summed E-state index contributed by atoms with van der Waals surface area (Å²) < 4.78 is 0. The van der Waals surface area contributed by atoms with Crippen molar-refractivity contribution >= 4 is 22.5 Å². The number of likely N-dealkylation sites (tertiary alicyclic amines) is 2. The third-order valence-corrected chi connectivity index (χ3v) is 6.16. The second-order valence-corrected chi connectivity index (χ2v) is 7.88. The van der Waals surface area contributed by atoms with Crippen molar-refractivity contribution < 1.29 is 4.79 Å². The van der Waals surface area contributed by atoms with Gasteiger partial charge < -0.3 is 9.80 Å². The lowest BCUT2D eigenvalue weighted by atomic mass is 10.0. The van der Waals surface area contributed by atoms with E-state index in [0.29, 0.717) is 12.6 Å². The molecular formula is C22H27N5O. The highest BCUT2D eigenvalue weighted by Gasteiger charge is 2.31. The van der Waals surface area contributed by atoms with E-state index in [1.165, 1.54) is 5.39 Å². The van der Waals surface area contributed by atoms with E-state index in [1.54, 1.807) is 4.90 Å². The number of anilines is 1. The van der Waals surface area contributed by atoms with Crippen molar-refractivity contribution in [3.8, 4) is 6.07 Å². The zero-order valence-electron chi connectivity index (χ0n) is 16.4. The summed E-state index contributed by atoms with van der Waals surface area (Å²) in [5.74, 6) is 1.11. The first-order chi connectivity index (χ1) is 13.7. The molecule has 4 rings (SSSR count). The van der Waals surface area contributed by atoms with Gasteiger partial charge in [-0.3, -0.25) is 9.69 Å². The van der Waals surface area contributed by atoms with Crippen molar-refractivity contribution in [1.29, 1.82) is 5.26 Å². The molecule has 0 aliphatic carbocycles. The van der Waals surface area contributed by atoms with Gasteiger partial charge in [-0.05, 0) is 37.1 Å². The van der Waals surface area contributed by atoms with E-state index >= 15 is 0 Å². The lowest BCUT2D eigenvalue weighted by Crippen LogP contribution is -2.48. The Balaban J connectivity index is 1.33. The van der Waals surface area contributed by atoms with Gasteiger partial charge >= 0.3 is 0 Å². The lowest BCUT2D eigenvalue weighted by Gasteiger charge is -2.37. The highest BCUT2D eigenvalue weighted by molar-refractivity contribution is 5.84. The van der Waals surface area contributed by atoms with Crippen LogP contribution in [0, 0.1) is 11.3 Å². The summed E-state index contributed by atoms with van der Waals surface area (Å²) in [5.41, 5.74) is 0. The number of nitriles is 1. The van der Waals surface area contributed by atoms with Crippen LogP contribution in [0.5, 0.6) is 0 Å². The zero-order chi connectivity index (χ0) is 19.5. The van der Waals surface area contributed by atoms with Crippen LogP contribution >= 0.6 is 0 Å². The molecule has 1 aromatic carbocycles. The maximum absolute atomic E-state index is 12.6. The molecule has 6 nitrogen and oxygen atoms in total. The fourth-order valence-corrected chi connectivity index (χ4v) is 4.40. The first-order valence-corrected chi connectivity index (χ1v) is 10.1. The Morgan fingerprint density at radius 2 is 1.96 bits per heavy atom. The lowest BCUT2D eigenvalue weighted by molar-refractivity contribution is -0.132. The zero-order valence-corrected chi connectivity index (χ0v) is 16.4. The van der Waals surface area contributed by atoms with Crippen LogP contribution < -0.4 is 4.90 Å². The van der Waals surface area contributed by atoms with Crippen molar-refractivity contribution in [2.75, 3.05) is 38.1 Å². The third kappa shape index (κ3) is 3.81. The largest absolute Gasteiger partial charge is 0.357 e. The first kappa shape index (κ1) is 18.7. The van der Waals surface area contributed by atoms with Gasteiger partial charge in [-0.1, -0.05) is 24.3 Å². The molecular weight excluding hydrogens is 350 g/mol. The van der Waals surface area contributed by atoms with Crippen molar-refractivity contribution in [3.63, 3.8) is 0 Å². The molecule has 2 aliphatic heterocycles. The minimum absolute atomic E-state index is 0.104. The Hall–Kier alpha value is -2.65. The van der Waals surface area contributed by atoms with Gasteiger partial charge in [-0.25, -0.2) is 4.98 Å². The Morgan fingerprint density at radius 3 is 2.71 bits per heavy atom. The molecule has 0 saturated carbocycles. The summed E-state index contributed by atoms with van der Waals surface area (Å²) in [6, 6.07) is 12.9. The number of piperidine rings is 1. The molecule has 1 atom stereocenters. The molecule has 2 aliphatic rings. The molecule has 146 valence electrons. The number of carbonyl (C=O) groups excluding carboxylic acids is 1. The number of rotatable bonds is 4. The summed E-state index contributed by atoms with van der Waals surface area (Å²) in [6.45, 7) is 2.96. The molecule has 1 amide bonds. The fraction of sp³-hybridized carbons (Fsp3) is 0.500. The summed E-state index contributed by atoms with van der Waals surface area (Å²) in [4.78, 5) is 23.5. The van der Waals surface area contributed by atoms with Crippen LogP contribution in [0.25, 0.3) is 10.8 Å². The second kappa shape index (κ2) is 8.15. The van der Waals surface area contributed by atoms with Gasteiger partial charge in [0, 0.05) is 44.3 Å². The summed E-state index contributed by atoms with van der Waals surface area (Å²) >= 11 is 0. The third-order valence-electron chi connectivity index (χ3n) is 6.16. The molecule has 0 radical (unpaired) electrons. The summed E-state index contributed by atoms with van der Waals surface area (Å²) in [7, 11) is 2.12. The van der Waals surface area contributed by atoms with Crippen LogP contribution in [0.3, 0.4) is 0 Å². The molecule has 0 bridgehead atoms. The van der Waals surface area contributed by atoms with E-state index in [4.69, 9.17) is 0 Å². The number of carbonyl (C=O) groups is 1. The molecule has 2 saturated heterocycles. The molecule has 0 N–H and O–H groups in total. The smallest absolute Gasteiger partial charge is 0.237 e. The minimum Gasteiger partial charge on any atom is -0.357 e. The Morgan fingerprint density at radius 1 is 1.21 bits per heavy atom. The first-order valence-electron chi connectivity index (χ1n) is 10.1. The van der Waals surface area contributed by atoms with Crippen LogP contribution in [-0.4, -0.2) is 66.0 Å². The van der Waals surface area contributed by atoms with E-state index in [0.717, 1.165) is 56.5 Å². The molecule has 0 unspecified atom stereocenters. The monoisotopic (exact) mass is 377 g/mol. The van der Waals surface area contributed by atoms with Crippen LogP contribution in [0.15, 0.2) is 36.5 Å². The number of hydrogen-bond acceptors (Lipinski definition) is 5. The predicted octanol–water partition coefficient (Wildman–Crippen LogP) is 2.65. The number of pyridine rings is 1. The average molecular weight is 377 g/mol. The minimum atomic E-state index is -0.227. The summed E-state index contributed by atoms with van der Waals surface area (Å²) in [5, 5.41) is 11.6. The van der Waals surface area contributed by atoms with Gasteiger partial charge in [0.15, 0.2) is 0 Å². The Bertz CT molecular complexity index is 884. The van der Waals surface area contributed by atoms with Gasteiger partial charge in [0.2, 0.25) is 5.91 Å². The van der Waals surface area contributed by atoms with Crippen molar-refractivity contribution in [1.82, 2.24) is 14.8 Å². The predicted molar refractivity (Wildman–Crippen MR) is 110 cm³/mol. The van der Waals surface area contributed by atoms with Crippen molar-refractivity contribution in [2.24, 2.45) is 0 Å². The number of hydrogen-bond donors (Lipinski definition) is 0. The molecule has 2 aromatic rings. The molecule has 28 heavy (non-hydrogen) atoms. The van der Waals surface area contributed by atoms with E-state index in [-0.39, 0.29) is 11.9 Å². The maximum atomic E-state index is 12.6. The molecule has 1 aromatic heterocycles. The number of fused-ring (bicyclic) bond motifs is 1. The molecule has 0 spiro atoms. The van der Waals surface area contributed by atoms with E-state index < -0.39 is 0 Å². The SMILES string of the molecule is CN(c1cc2ccccc2cn1)C1CCN(CC(=O)N2CCC[C@H]2C#N)CC1. The quantitative estimate of drug-likeness (QED) is 0.820. The fourth-order valence-electron chi connectivity index (χ4n) is 4.40. The van der Waals surface area contributed by atoms with Gasteiger partial charge in [0.1, 0.15) is 11.9 Å². The second-order valence-electron chi connectivity index (χ2n) is 7.88. The van der Waals surface area contributed by atoms with Gasteiger partial charge in [0.05, 0.1) is 12.6 Å². The van der Waals surface area contributed by atoms with Crippen LogP contribution in [0.1, 0.15) is 25.7 Å². The average Bonchev–Trinajstić information content (AvgIpc) is 3.22. The topological polar surface area (TPSA) is 63.5 Å². The molecule has 6 heteroatoms. The maximum Gasteiger partial charge on any atom is 0.237 e. The highest BCUT2D eigenvalue weighted by Crippen LogP contribution is 2.24. The van der Waals surface area contributed by atoms with Crippen LogP contribution in [-0.2, 0) is 4.79 Å². The highest BCUT2D eigenvalue weighted by atomic mass is 16.2. The number of aromatic nitrogens is 1. The molecule has 3 heterocycles. The van der Waals surface area contributed by atoms with Gasteiger partial charge in [-0.2, -0.15) is 5.26 Å². The standard InChI is InChI=1S/C22H27N5O/c1-25(21-13-17-5-2-3-6-18(17)15-24-21)19-8-11-26(12-9-19)16-22(28)27-10-4-7-20(27)14-23/h2-3,5-6,13,15,19-20H,4,7-12,16H2,1H3/t20-/m0/s1. The van der Waals surface area contributed by atoms with E-state index in [1.807, 2.05) is 12.3 Å². The van der Waals surface area contributed by atoms with E-state index in [2.05, 4.69) is 52.2 Å². The summed E-state index contributed by atoms with van der Waals surface area (Å²) in [6.07, 6.45) is 5.72. The van der Waals surface area contributed by atoms with Crippen LogP contribution in [0.2, 0.25) is 0 Å². The normalized spacial score (nSPS) is 21.0. The Labute approximate surface area is 166 Å². The van der Waals surface area contributed by atoms with Crippen LogP contribution in [0.4, 0.5) is 5.82 Å².